The van der Waals surface area contributed by atoms with E-state index in [2.05, 4.69) is 9.72 Å². The maximum Gasteiger partial charge on any atom is 0.340 e. The average molecular weight is 287 g/mol. The lowest BCUT2D eigenvalue weighted by atomic mass is 10.2. The van der Waals surface area contributed by atoms with Crippen LogP contribution in [0.3, 0.4) is 0 Å². The highest BCUT2D eigenvalue weighted by Crippen LogP contribution is 2.29. The first-order valence-electron chi connectivity index (χ1n) is 5.94. The molecule has 4 N–H and O–H groups in total. The minimum absolute atomic E-state index is 0.00778. The van der Waals surface area contributed by atoms with E-state index in [9.17, 15) is 9.59 Å². The summed E-state index contributed by atoms with van der Waals surface area (Å²) in [6.07, 6.45) is 1.35. The van der Waals surface area contributed by atoms with E-state index in [1.165, 1.54) is 25.4 Å². The van der Waals surface area contributed by atoms with E-state index in [4.69, 9.17) is 16.2 Å². The molecule has 21 heavy (non-hydrogen) atoms. The number of carbonyl (C=O) groups is 2. The van der Waals surface area contributed by atoms with Gasteiger partial charge in [-0.25, -0.2) is 9.78 Å². The second-order valence-electron chi connectivity index (χ2n) is 4.03. The van der Waals surface area contributed by atoms with E-state index in [0.29, 0.717) is 0 Å². The molecule has 0 aliphatic rings. The van der Waals surface area contributed by atoms with Crippen LogP contribution in [0.15, 0.2) is 36.5 Å². The van der Waals surface area contributed by atoms with E-state index < -0.39 is 11.9 Å². The number of methoxy groups -OCH3 is 1. The first-order chi connectivity index (χ1) is 10.0. The molecule has 1 aromatic heterocycles. The lowest BCUT2D eigenvalue weighted by molar-refractivity contribution is 0.0601. The van der Waals surface area contributed by atoms with Gasteiger partial charge in [-0.3, -0.25) is 4.79 Å². The van der Waals surface area contributed by atoms with E-state index in [0.717, 1.165) is 0 Å². The fourth-order valence-electron chi connectivity index (χ4n) is 1.69. The highest BCUT2D eigenvalue weighted by Gasteiger charge is 2.17. The third-order valence-electron chi connectivity index (χ3n) is 2.72. The molecule has 7 nitrogen and oxygen atoms in total. The number of hydrogen-bond donors (Lipinski definition) is 2. The summed E-state index contributed by atoms with van der Waals surface area (Å²) in [5.41, 5.74) is 11.4. The zero-order chi connectivity index (χ0) is 15.4. The number of aromatic nitrogens is 1. The Morgan fingerprint density at radius 3 is 2.52 bits per heavy atom. The summed E-state index contributed by atoms with van der Waals surface area (Å²) in [7, 11) is 1.24. The maximum absolute atomic E-state index is 11.6. The van der Waals surface area contributed by atoms with Gasteiger partial charge in [0, 0.05) is 6.20 Å². The Balaban J connectivity index is 2.41. The summed E-state index contributed by atoms with van der Waals surface area (Å²) in [5, 5.41) is 0. The monoisotopic (exact) mass is 287 g/mol. The van der Waals surface area contributed by atoms with Gasteiger partial charge >= 0.3 is 5.97 Å². The number of carbonyl (C=O) groups excluding carboxylic acids is 2. The third kappa shape index (κ3) is 2.92. The molecule has 0 unspecified atom stereocenters. The third-order valence-corrected chi connectivity index (χ3v) is 2.72. The van der Waals surface area contributed by atoms with Gasteiger partial charge in [0.1, 0.15) is 11.4 Å². The molecule has 108 valence electrons. The van der Waals surface area contributed by atoms with Crippen molar-refractivity contribution in [3.63, 3.8) is 0 Å². The van der Waals surface area contributed by atoms with Crippen molar-refractivity contribution in [2.45, 2.75) is 0 Å². The Morgan fingerprint density at radius 1 is 1.14 bits per heavy atom. The Labute approximate surface area is 120 Å². The van der Waals surface area contributed by atoms with E-state index in [-0.39, 0.29) is 28.4 Å². The maximum atomic E-state index is 11.6. The normalized spacial score (nSPS) is 9.95. The van der Waals surface area contributed by atoms with Gasteiger partial charge in [0.15, 0.2) is 0 Å². The van der Waals surface area contributed by atoms with E-state index in [1.54, 1.807) is 18.2 Å². The second kappa shape index (κ2) is 5.91. The lowest BCUT2D eigenvalue weighted by Crippen LogP contribution is -2.13. The second-order valence-corrected chi connectivity index (χ2v) is 4.03. The molecular formula is C14H13N3O4. The van der Waals surface area contributed by atoms with Crippen LogP contribution in [0.2, 0.25) is 0 Å². The van der Waals surface area contributed by atoms with Crippen LogP contribution >= 0.6 is 0 Å². The Morgan fingerprint density at radius 2 is 1.86 bits per heavy atom. The Kier molecular flexibility index (Phi) is 4.03. The fraction of sp³-hybridized carbons (Fsp3) is 0.0714. The van der Waals surface area contributed by atoms with Crippen molar-refractivity contribution < 1.29 is 19.1 Å². The SMILES string of the molecule is COC(=O)c1ccnc(Oc2ccccc2C(N)=O)c1N. The number of rotatable bonds is 4. The number of pyridine rings is 1. The minimum atomic E-state index is -0.645. The zero-order valence-electron chi connectivity index (χ0n) is 11.2. The van der Waals surface area contributed by atoms with Crippen LogP contribution in [0, 0.1) is 0 Å². The molecule has 0 saturated heterocycles. The number of para-hydroxylation sites is 1. The number of nitrogens with two attached hydrogens (primary N) is 2. The first-order valence-corrected chi connectivity index (χ1v) is 5.94. The quantitative estimate of drug-likeness (QED) is 0.819. The largest absolute Gasteiger partial charge is 0.465 e. The molecule has 0 bridgehead atoms. The Bertz CT molecular complexity index is 700. The van der Waals surface area contributed by atoms with Gasteiger partial charge in [0.2, 0.25) is 5.88 Å². The molecule has 2 rings (SSSR count). The van der Waals surface area contributed by atoms with Crippen LogP contribution in [-0.4, -0.2) is 24.0 Å². The molecule has 1 amide bonds. The zero-order valence-corrected chi connectivity index (χ0v) is 11.2. The van der Waals surface area contributed by atoms with Crippen molar-refractivity contribution in [2.24, 2.45) is 5.73 Å². The van der Waals surface area contributed by atoms with Crippen LogP contribution in [0.5, 0.6) is 11.6 Å². The van der Waals surface area contributed by atoms with E-state index in [1.807, 2.05) is 0 Å². The summed E-state index contributed by atoms with van der Waals surface area (Å²) in [4.78, 5) is 26.8. The van der Waals surface area contributed by atoms with Gasteiger partial charge < -0.3 is 20.9 Å². The summed E-state index contributed by atoms with van der Waals surface area (Å²) >= 11 is 0. The van der Waals surface area contributed by atoms with Crippen molar-refractivity contribution in [1.29, 1.82) is 0 Å². The molecule has 1 aromatic carbocycles. The predicted octanol–water partition coefficient (Wildman–Crippen LogP) is 1.34. The highest BCUT2D eigenvalue weighted by atomic mass is 16.5. The van der Waals surface area contributed by atoms with Crippen molar-refractivity contribution in [2.75, 3.05) is 12.8 Å². The van der Waals surface area contributed by atoms with Gasteiger partial charge in [0.05, 0.1) is 18.2 Å². The number of hydrogen-bond acceptors (Lipinski definition) is 6. The van der Waals surface area contributed by atoms with Crippen LogP contribution in [0.25, 0.3) is 0 Å². The molecule has 0 aliphatic heterocycles. The molecule has 7 heteroatoms. The molecule has 2 aromatic rings. The number of nitrogen functional groups attached to an aromatic ring is 1. The number of benzene rings is 1. The number of anilines is 1. The fourth-order valence-corrected chi connectivity index (χ4v) is 1.69. The standard InChI is InChI=1S/C14H13N3O4/c1-20-14(19)9-6-7-17-13(11(9)15)21-10-5-3-2-4-8(10)12(16)18/h2-7H,15H2,1H3,(H2,16,18). The number of nitrogens with zero attached hydrogens (tertiary/aromatic N) is 1. The van der Waals surface area contributed by atoms with Crippen molar-refractivity contribution >= 4 is 17.6 Å². The topological polar surface area (TPSA) is 118 Å². The first kappa shape index (κ1) is 14.3. The lowest BCUT2D eigenvalue weighted by Gasteiger charge is -2.11. The number of primary amides is 1. The summed E-state index contributed by atoms with van der Waals surface area (Å²) in [6, 6.07) is 7.79. The molecule has 0 spiro atoms. The summed E-state index contributed by atoms with van der Waals surface area (Å²) in [5.74, 6) is -1.06. The molecule has 0 radical (unpaired) electrons. The van der Waals surface area contributed by atoms with Crippen molar-refractivity contribution in [3.05, 3.63) is 47.7 Å². The Hall–Kier alpha value is -3.09. The van der Waals surface area contributed by atoms with Crippen LogP contribution in [0.1, 0.15) is 20.7 Å². The van der Waals surface area contributed by atoms with Gasteiger partial charge in [-0.1, -0.05) is 12.1 Å². The minimum Gasteiger partial charge on any atom is -0.465 e. The van der Waals surface area contributed by atoms with Gasteiger partial charge in [-0.05, 0) is 18.2 Å². The molecular weight excluding hydrogens is 274 g/mol. The summed E-state index contributed by atoms with van der Waals surface area (Å²) < 4.78 is 10.1. The number of esters is 1. The van der Waals surface area contributed by atoms with Gasteiger partial charge in [-0.2, -0.15) is 0 Å². The van der Waals surface area contributed by atoms with Crippen molar-refractivity contribution in [1.82, 2.24) is 4.98 Å². The van der Waals surface area contributed by atoms with Crippen LogP contribution in [0.4, 0.5) is 5.69 Å². The van der Waals surface area contributed by atoms with Crippen LogP contribution in [-0.2, 0) is 4.74 Å². The highest BCUT2D eigenvalue weighted by molar-refractivity contribution is 5.97. The van der Waals surface area contributed by atoms with Crippen LogP contribution < -0.4 is 16.2 Å². The number of ether oxygens (including phenoxy) is 2. The molecule has 0 fully saturated rings. The van der Waals surface area contributed by atoms with Gasteiger partial charge in [-0.15, -0.1) is 0 Å². The van der Waals surface area contributed by atoms with Gasteiger partial charge in [0.25, 0.3) is 5.91 Å². The van der Waals surface area contributed by atoms with E-state index >= 15 is 0 Å². The van der Waals surface area contributed by atoms with Crippen molar-refractivity contribution in [3.8, 4) is 11.6 Å². The average Bonchev–Trinajstić information content (AvgIpc) is 2.49. The molecule has 0 aliphatic carbocycles. The molecule has 0 atom stereocenters. The smallest absolute Gasteiger partial charge is 0.340 e. The molecule has 1 heterocycles. The molecule has 0 saturated carbocycles. The predicted molar refractivity (Wildman–Crippen MR) is 75.0 cm³/mol. The summed E-state index contributed by atoms with van der Waals surface area (Å²) in [6.45, 7) is 0. The number of amides is 1.